The summed E-state index contributed by atoms with van der Waals surface area (Å²) in [6.07, 6.45) is 0.907. The van der Waals surface area contributed by atoms with Gasteiger partial charge >= 0.3 is 6.03 Å². The van der Waals surface area contributed by atoms with Crippen molar-refractivity contribution < 1.29 is 19.1 Å². The molecule has 0 unspecified atom stereocenters. The Morgan fingerprint density at radius 3 is 2.00 bits per heavy atom. The molecule has 4 aromatic rings. The Morgan fingerprint density at radius 1 is 0.737 bits per heavy atom. The van der Waals surface area contributed by atoms with Gasteiger partial charge in [0.15, 0.2) is 0 Å². The van der Waals surface area contributed by atoms with Gasteiger partial charge in [-0.05, 0) is 72.6 Å². The van der Waals surface area contributed by atoms with Crippen molar-refractivity contribution in [3.63, 3.8) is 0 Å². The van der Waals surface area contributed by atoms with Crippen LogP contribution in [0.4, 0.5) is 16.2 Å². The average Bonchev–Trinajstić information content (AvgIpc) is 2.95. The summed E-state index contributed by atoms with van der Waals surface area (Å²) in [5.74, 6) is 2.07. The van der Waals surface area contributed by atoms with Gasteiger partial charge in [0.2, 0.25) is 5.91 Å². The summed E-state index contributed by atoms with van der Waals surface area (Å²) in [6.45, 7) is 0.861. The molecule has 0 spiro atoms. The minimum absolute atomic E-state index is 0.0483. The van der Waals surface area contributed by atoms with Gasteiger partial charge < -0.3 is 20.1 Å². The first-order valence-electron chi connectivity index (χ1n) is 12.5. The largest absolute Gasteiger partial charge is 0.497 e. The fraction of sp³-hybridized carbons (Fsp3) is 0.161. The molecule has 0 heterocycles. The van der Waals surface area contributed by atoms with Crippen LogP contribution in [0.1, 0.15) is 12.0 Å². The quantitative estimate of drug-likeness (QED) is 0.233. The number of hydrogen-bond donors (Lipinski definition) is 2. The second-order valence-electron chi connectivity index (χ2n) is 8.59. The van der Waals surface area contributed by atoms with Gasteiger partial charge in [0, 0.05) is 24.5 Å². The predicted octanol–water partition coefficient (Wildman–Crippen LogP) is 6.28. The Balaban J connectivity index is 1.39. The van der Waals surface area contributed by atoms with Crippen molar-refractivity contribution in [1.82, 2.24) is 5.32 Å². The van der Waals surface area contributed by atoms with E-state index in [0.29, 0.717) is 48.8 Å². The van der Waals surface area contributed by atoms with E-state index in [1.807, 2.05) is 84.9 Å². The number of rotatable bonds is 11. The van der Waals surface area contributed by atoms with E-state index in [2.05, 4.69) is 10.6 Å². The molecular weight excluding hydrogens is 478 g/mol. The van der Waals surface area contributed by atoms with Crippen LogP contribution in [0, 0.1) is 0 Å². The van der Waals surface area contributed by atoms with Gasteiger partial charge in [-0.3, -0.25) is 9.69 Å². The minimum Gasteiger partial charge on any atom is -0.497 e. The predicted molar refractivity (Wildman–Crippen MR) is 150 cm³/mol. The molecular formula is C31H31N3O4. The Hall–Kier alpha value is -4.78. The monoisotopic (exact) mass is 509 g/mol. The van der Waals surface area contributed by atoms with E-state index in [9.17, 15) is 9.59 Å². The minimum atomic E-state index is -0.275. The summed E-state index contributed by atoms with van der Waals surface area (Å²) in [5, 5.41) is 5.89. The standard InChI is InChI=1S/C31H31N3O4/c1-37-27-17-13-25(14-18-27)33-31(36)34(22-8-21-32-30(35)23-24-9-4-2-5-10-24)26-15-19-29(20-16-26)38-28-11-6-3-7-12-28/h2-7,9-20H,8,21-23H2,1H3,(H,32,35)(H,33,36). The fourth-order valence-corrected chi connectivity index (χ4v) is 3.84. The Kier molecular flexibility index (Phi) is 9.34. The van der Waals surface area contributed by atoms with E-state index in [0.717, 1.165) is 11.3 Å². The zero-order valence-electron chi connectivity index (χ0n) is 21.3. The number of carbonyl (C=O) groups is 2. The molecule has 194 valence electrons. The molecule has 0 saturated heterocycles. The number of hydrogen-bond acceptors (Lipinski definition) is 4. The van der Waals surface area contributed by atoms with E-state index < -0.39 is 0 Å². The Labute approximate surface area is 223 Å². The summed E-state index contributed by atoms with van der Waals surface area (Å²) in [6, 6.07) is 33.4. The van der Waals surface area contributed by atoms with E-state index in [1.165, 1.54) is 0 Å². The van der Waals surface area contributed by atoms with Gasteiger partial charge in [-0.2, -0.15) is 0 Å². The molecule has 0 aliphatic carbocycles. The second kappa shape index (κ2) is 13.5. The summed E-state index contributed by atoms with van der Waals surface area (Å²) >= 11 is 0. The van der Waals surface area contributed by atoms with Crippen LogP contribution in [-0.4, -0.2) is 32.1 Å². The molecule has 7 nitrogen and oxygen atoms in total. The number of nitrogens with zero attached hydrogens (tertiary/aromatic N) is 1. The number of anilines is 2. The van der Waals surface area contributed by atoms with Crippen LogP contribution >= 0.6 is 0 Å². The van der Waals surface area contributed by atoms with Gasteiger partial charge in [0.05, 0.1) is 13.5 Å². The van der Waals surface area contributed by atoms with Crippen LogP contribution < -0.4 is 25.0 Å². The SMILES string of the molecule is COc1ccc(NC(=O)N(CCCNC(=O)Cc2ccccc2)c2ccc(Oc3ccccc3)cc2)cc1. The van der Waals surface area contributed by atoms with Crippen LogP contribution in [0.15, 0.2) is 109 Å². The molecule has 4 rings (SSSR count). The molecule has 0 fully saturated rings. The summed E-state index contributed by atoms with van der Waals surface area (Å²) in [5.41, 5.74) is 2.33. The number of nitrogens with one attached hydrogen (secondary N) is 2. The van der Waals surface area contributed by atoms with Crippen molar-refractivity contribution in [2.24, 2.45) is 0 Å². The second-order valence-corrected chi connectivity index (χ2v) is 8.59. The number of para-hydroxylation sites is 1. The topological polar surface area (TPSA) is 79.9 Å². The highest BCUT2D eigenvalue weighted by Crippen LogP contribution is 2.25. The summed E-state index contributed by atoms with van der Waals surface area (Å²) < 4.78 is 11.1. The lowest BCUT2D eigenvalue weighted by Crippen LogP contribution is -2.37. The highest BCUT2D eigenvalue weighted by molar-refractivity contribution is 6.01. The smallest absolute Gasteiger partial charge is 0.326 e. The molecule has 0 bridgehead atoms. The van der Waals surface area contributed by atoms with Gasteiger partial charge in [0.1, 0.15) is 17.2 Å². The van der Waals surface area contributed by atoms with Crippen molar-refractivity contribution in [3.8, 4) is 17.2 Å². The number of amides is 3. The third-order valence-electron chi connectivity index (χ3n) is 5.80. The molecule has 4 aromatic carbocycles. The number of carbonyl (C=O) groups excluding carboxylic acids is 2. The maximum atomic E-state index is 13.3. The highest BCUT2D eigenvalue weighted by Gasteiger charge is 2.16. The van der Waals surface area contributed by atoms with Crippen LogP contribution in [-0.2, 0) is 11.2 Å². The van der Waals surface area contributed by atoms with Crippen LogP contribution in [0.25, 0.3) is 0 Å². The number of methoxy groups -OCH3 is 1. The normalized spacial score (nSPS) is 10.3. The number of urea groups is 1. The first-order chi connectivity index (χ1) is 18.6. The van der Waals surface area contributed by atoms with E-state index in [-0.39, 0.29) is 11.9 Å². The van der Waals surface area contributed by atoms with Gasteiger partial charge in [-0.15, -0.1) is 0 Å². The number of benzene rings is 4. The lowest BCUT2D eigenvalue weighted by molar-refractivity contribution is -0.120. The summed E-state index contributed by atoms with van der Waals surface area (Å²) in [4.78, 5) is 27.2. The van der Waals surface area contributed by atoms with Crippen molar-refractivity contribution in [2.45, 2.75) is 12.8 Å². The van der Waals surface area contributed by atoms with Crippen molar-refractivity contribution >= 4 is 23.3 Å². The Bertz CT molecular complexity index is 1290. The third-order valence-corrected chi connectivity index (χ3v) is 5.80. The summed E-state index contributed by atoms with van der Waals surface area (Å²) in [7, 11) is 1.60. The zero-order chi connectivity index (χ0) is 26.6. The van der Waals surface area contributed by atoms with Gasteiger partial charge in [-0.25, -0.2) is 4.79 Å². The van der Waals surface area contributed by atoms with Crippen LogP contribution in [0.2, 0.25) is 0 Å². The molecule has 0 saturated carbocycles. The molecule has 3 amide bonds. The van der Waals surface area contributed by atoms with Gasteiger partial charge in [0.25, 0.3) is 0 Å². The molecule has 0 radical (unpaired) electrons. The lowest BCUT2D eigenvalue weighted by atomic mass is 10.1. The molecule has 2 N–H and O–H groups in total. The molecule has 38 heavy (non-hydrogen) atoms. The number of ether oxygens (including phenoxy) is 2. The fourth-order valence-electron chi connectivity index (χ4n) is 3.84. The van der Waals surface area contributed by atoms with E-state index in [4.69, 9.17) is 9.47 Å². The molecule has 0 atom stereocenters. The highest BCUT2D eigenvalue weighted by atomic mass is 16.5. The Morgan fingerprint density at radius 2 is 1.34 bits per heavy atom. The van der Waals surface area contributed by atoms with E-state index in [1.54, 1.807) is 36.3 Å². The maximum absolute atomic E-state index is 13.3. The van der Waals surface area contributed by atoms with Crippen LogP contribution in [0.3, 0.4) is 0 Å². The van der Waals surface area contributed by atoms with Crippen molar-refractivity contribution in [1.29, 1.82) is 0 Å². The molecule has 0 aliphatic heterocycles. The van der Waals surface area contributed by atoms with E-state index >= 15 is 0 Å². The van der Waals surface area contributed by atoms with Gasteiger partial charge in [-0.1, -0.05) is 48.5 Å². The first-order valence-corrected chi connectivity index (χ1v) is 12.5. The molecule has 0 aromatic heterocycles. The third kappa shape index (κ3) is 7.86. The molecule has 0 aliphatic rings. The lowest BCUT2D eigenvalue weighted by Gasteiger charge is -2.24. The zero-order valence-corrected chi connectivity index (χ0v) is 21.3. The first kappa shape index (κ1) is 26.3. The average molecular weight is 510 g/mol. The van der Waals surface area contributed by atoms with Crippen molar-refractivity contribution in [2.75, 3.05) is 30.4 Å². The van der Waals surface area contributed by atoms with Crippen molar-refractivity contribution in [3.05, 3.63) is 115 Å². The molecule has 7 heteroatoms. The maximum Gasteiger partial charge on any atom is 0.326 e. The van der Waals surface area contributed by atoms with Crippen LogP contribution in [0.5, 0.6) is 17.2 Å².